The Morgan fingerprint density at radius 2 is 2.35 bits per heavy atom. The van der Waals surface area contributed by atoms with Crippen LogP contribution in [-0.2, 0) is 6.42 Å². The van der Waals surface area contributed by atoms with Crippen molar-refractivity contribution < 1.29 is 0 Å². The molecular weight excluding hydrogens is 210 g/mol. The average molecular weight is 231 g/mol. The van der Waals surface area contributed by atoms with Gasteiger partial charge in [-0.1, -0.05) is 6.07 Å². The maximum absolute atomic E-state index is 5.92. The van der Waals surface area contributed by atoms with E-state index in [0.29, 0.717) is 6.04 Å². The van der Waals surface area contributed by atoms with Crippen molar-refractivity contribution in [2.45, 2.75) is 45.2 Å². The van der Waals surface area contributed by atoms with Crippen LogP contribution >= 0.6 is 0 Å². The molecule has 2 aliphatic rings. The molecule has 17 heavy (non-hydrogen) atoms. The molecule has 1 aromatic carbocycles. The molecule has 3 rings (SSSR count). The molecule has 0 aromatic heterocycles. The molecule has 1 heterocycles. The molecule has 3 nitrogen and oxygen atoms in total. The van der Waals surface area contributed by atoms with Gasteiger partial charge in [0.1, 0.15) is 0 Å². The number of rotatable bonds is 2. The van der Waals surface area contributed by atoms with Crippen LogP contribution in [0.15, 0.2) is 12.1 Å². The highest BCUT2D eigenvalue weighted by molar-refractivity contribution is 5.63. The van der Waals surface area contributed by atoms with Crippen LogP contribution in [0.2, 0.25) is 0 Å². The largest absolute Gasteiger partial charge is 0.326 e. The monoisotopic (exact) mass is 231 g/mol. The van der Waals surface area contributed by atoms with Gasteiger partial charge >= 0.3 is 0 Å². The van der Waals surface area contributed by atoms with Gasteiger partial charge in [0.05, 0.1) is 11.7 Å². The molecule has 0 spiro atoms. The fourth-order valence-electron chi connectivity index (χ4n) is 3.17. The van der Waals surface area contributed by atoms with Crippen molar-refractivity contribution in [3.63, 3.8) is 0 Å². The Labute approximate surface area is 103 Å². The lowest BCUT2D eigenvalue weighted by atomic mass is 9.85. The molecule has 0 saturated heterocycles. The van der Waals surface area contributed by atoms with E-state index in [0.717, 1.165) is 6.54 Å². The van der Waals surface area contributed by atoms with Gasteiger partial charge in [-0.3, -0.25) is 0 Å². The number of nitrogens with two attached hydrogens (primary N) is 1. The van der Waals surface area contributed by atoms with Crippen molar-refractivity contribution in [2.24, 2.45) is 5.73 Å². The second-order valence-corrected chi connectivity index (χ2v) is 5.46. The Morgan fingerprint density at radius 3 is 3.12 bits per heavy atom. The first kappa shape index (κ1) is 11.1. The van der Waals surface area contributed by atoms with Gasteiger partial charge in [-0.2, -0.15) is 0 Å². The fourth-order valence-corrected chi connectivity index (χ4v) is 3.17. The normalized spacial score (nSPS) is 23.7. The van der Waals surface area contributed by atoms with Crippen LogP contribution in [0.25, 0.3) is 0 Å². The minimum Gasteiger partial charge on any atom is -0.326 e. The van der Waals surface area contributed by atoms with Crippen LogP contribution in [-0.4, -0.2) is 12.6 Å². The maximum Gasteiger partial charge on any atom is 0.0572 e. The summed E-state index contributed by atoms with van der Waals surface area (Å²) in [5.41, 5.74) is 15.4. The number of aryl methyl sites for hydroxylation is 1. The SMILES string of the molecule is Cc1ccc2c3c1CCCC3NN2CC(C)N. The van der Waals surface area contributed by atoms with E-state index in [1.165, 1.54) is 36.1 Å². The summed E-state index contributed by atoms with van der Waals surface area (Å²) in [7, 11) is 0. The van der Waals surface area contributed by atoms with E-state index in [9.17, 15) is 0 Å². The van der Waals surface area contributed by atoms with Crippen molar-refractivity contribution in [1.29, 1.82) is 0 Å². The molecule has 1 aliphatic carbocycles. The molecule has 3 N–H and O–H groups in total. The number of anilines is 1. The number of hydrogen-bond donors (Lipinski definition) is 2. The molecule has 3 heteroatoms. The first-order valence-electron chi connectivity index (χ1n) is 6.58. The first-order chi connectivity index (χ1) is 8.16. The molecule has 2 unspecified atom stereocenters. The summed E-state index contributed by atoms with van der Waals surface area (Å²) in [4.78, 5) is 0. The molecule has 0 fully saturated rings. The lowest BCUT2D eigenvalue weighted by molar-refractivity contribution is 0.469. The third kappa shape index (κ3) is 1.74. The Bertz CT molecular complexity index is 439. The zero-order valence-electron chi connectivity index (χ0n) is 10.7. The molecule has 1 aromatic rings. The van der Waals surface area contributed by atoms with Gasteiger partial charge in [0, 0.05) is 12.6 Å². The van der Waals surface area contributed by atoms with Crippen molar-refractivity contribution in [3.05, 3.63) is 28.8 Å². The van der Waals surface area contributed by atoms with E-state index in [1.54, 1.807) is 5.56 Å². The van der Waals surface area contributed by atoms with Gasteiger partial charge in [0.2, 0.25) is 0 Å². The first-order valence-corrected chi connectivity index (χ1v) is 6.58. The Balaban J connectivity index is 2.03. The molecule has 0 radical (unpaired) electrons. The van der Waals surface area contributed by atoms with Gasteiger partial charge in [-0.15, -0.1) is 0 Å². The van der Waals surface area contributed by atoms with Gasteiger partial charge < -0.3 is 10.7 Å². The van der Waals surface area contributed by atoms with E-state index < -0.39 is 0 Å². The van der Waals surface area contributed by atoms with Gasteiger partial charge in [-0.05, 0) is 55.9 Å². The Hall–Kier alpha value is -1.06. The second kappa shape index (κ2) is 4.00. The van der Waals surface area contributed by atoms with Crippen LogP contribution in [0.4, 0.5) is 5.69 Å². The van der Waals surface area contributed by atoms with E-state index in [-0.39, 0.29) is 6.04 Å². The quantitative estimate of drug-likeness (QED) is 0.818. The van der Waals surface area contributed by atoms with Gasteiger partial charge in [0.25, 0.3) is 0 Å². The van der Waals surface area contributed by atoms with Crippen LogP contribution in [0, 0.1) is 6.92 Å². The van der Waals surface area contributed by atoms with Crippen LogP contribution in [0.5, 0.6) is 0 Å². The van der Waals surface area contributed by atoms with E-state index >= 15 is 0 Å². The molecule has 0 amide bonds. The third-order valence-corrected chi connectivity index (χ3v) is 3.91. The molecule has 0 saturated carbocycles. The van der Waals surface area contributed by atoms with E-state index in [4.69, 9.17) is 5.73 Å². The topological polar surface area (TPSA) is 41.3 Å². The maximum atomic E-state index is 5.92. The van der Waals surface area contributed by atoms with Crippen LogP contribution in [0.1, 0.15) is 42.5 Å². The highest BCUT2D eigenvalue weighted by atomic mass is 15.5. The third-order valence-electron chi connectivity index (χ3n) is 3.91. The van der Waals surface area contributed by atoms with Gasteiger partial charge in [0.15, 0.2) is 0 Å². The Morgan fingerprint density at radius 1 is 1.53 bits per heavy atom. The molecule has 2 atom stereocenters. The Kier molecular flexibility index (Phi) is 2.60. The average Bonchev–Trinajstić information content (AvgIpc) is 2.62. The zero-order valence-corrected chi connectivity index (χ0v) is 10.7. The highest BCUT2D eigenvalue weighted by Crippen LogP contribution is 2.42. The zero-order chi connectivity index (χ0) is 12.0. The summed E-state index contributed by atoms with van der Waals surface area (Å²) in [6.45, 7) is 5.17. The van der Waals surface area contributed by atoms with Crippen molar-refractivity contribution in [3.8, 4) is 0 Å². The molecular formula is C14H21N3. The predicted octanol–water partition coefficient (Wildman–Crippen LogP) is 2.04. The van der Waals surface area contributed by atoms with Crippen molar-refractivity contribution >= 4 is 5.69 Å². The van der Waals surface area contributed by atoms with Crippen LogP contribution in [0.3, 0.4) is 0 Å². The number of hydrogen-bond acceptors (Lipinski definition) is 3. The molecule has 92 valence electrons. The van der Waals surface area contributed by atoms with E-state index in [1.807, 2.05) is 0 Å². The lowest BCUT2D eigenvalue weighted by Gasteiger charge is -2.23. The highest BCUT2D eigenvalue weighted by Gasteiger charge is 2.33. The lowest BCUT2D eigenvalue weighted by Crippen LogP contribution is -2.42. The van der Waals surface area contributed by atoms with Gasteiger partial charge in [-0.25, -0.2) is 5.43 Å². The second-order valence-electron chi connectivity index (χ2n) is 5.46. The number of nitrogens with one attached hydrogen (secondary N) is 1. The summed E-state index contributed by atoms with van der Waals surface area (Å²) in [5.74, 6) is 0. The minimum atomic E-state index is 0.194. The smallest absolute Gasteiger partial charge is 0.0572 e. The number of benzene rings is 1. The number of hydrazine groups is 1. The summed E-state index contributed by atoms with van der Waals surface area (Å²) >= 11 is 0. The fraction of sp³-hybridized carbons (Fsp3) is 0.571. The summed E-state index contributed by atoms with van der Waals surface area (Å²) in [6, 6.07) is 5.21. The summed E-state index contributed by atoms with van der Waals surface area (Å²) in [6.07, 6.45) is 3.78. The summed E-state index contributed by atoms with van der Waals surface area (Å²) < 4.78 is 0. The van der Waals surface area contributed by atoms with E-state index in [2.05, 4.69) is 36.4 Å². The molecule has 0 bridgehead atoms. The van der Waals surface area contributed by atoms with Crippen molar-refractivity contribution in [1.82, 2.24) is 5.43 Å². The standard InChI is InChI=1S/C14H21N3/c1-9-6-7-13-14-11(9)4-3-5-12(14)16-17(13)8-10(2)15/h6-7,10,12,16H,3-5,8,15H2,1-2H3. The summed E-state index contributed by atoms with van der Waals surface area (Å²) in [5, 5.41) is 2.25. The van der Waals surface area contributed by atoms with Crippen molar-refractivity contribution in [2.75, 3.05) is 11.6 Å². The van der Waals surface area contributed by atoms with Crippen LogP contribution < -0.4 is 16.2 Å². The molecule has 1 aliphatic heterocycles. The number of nitrogens with zero attached hydrogens (tertiary/aromatic N) is 1. The predicted molar refractivity (Wildman–Crippen MR) is 71.0 cm³/mol. The minimum absolute atomic E-state index is 0.194.